The zero-order chi connectivity index (χ0) is 20.4. The van der Waals surface area contributed by atoms with Crippen molar-refractivity contribution in [2.45, 2.75) is 90.9 Å². The zero-order valence-corrected chi connectivity index (χ0v) is 18.4. The van der Waals surface area contributed by atoms with Gasteiger partial charge in [0.1, 0.15) is 0 Å². The minimum atomic E-state index is -0.358. The minimum Gasteiger partial charge on any atom is -0.334 e. The van der Waals surface area contributed by atoms with Gasteiger partial charge in [-0.3, -0.25) is 4.79 Å². The molecule has 0 atom stereocenters. The van der Waals surface area contributed by atoms with Gasteiger partial charge >= 0.3 is 5.97 Å². The summed E-state index contributed by atoms with van der Waals surface area (Å²) in [5.41, 5.74) is 2.24. The molecule has 1 amide bonds. The first-order valence-corrected chi connectivity index (χ1v) is 10.6. The maximum atomic E-state index is 12.0. The van der Waals surface area contributed by atoms with Crippen molar-refractivity contribution in [3.63, 3.8) is 0 Å². The van der Waals surface area contributed by atoms with Crippen LogP contribution in [0, 0.1) is 0 Å². The lowest BCUT2D eigenvalue weighted by Crippen LogP contribution is -2.26. The standard InChI is InChI=1S/C22H33NO3S/c1-15-12-13-18(24)23(15)26-19(25)11-9-8-10-16-14-17(21(2,3)4)27-20(16)22(5,6)7/h14H,1,8-13H2,2-7H3. The topological polar surface area (TPSA) is 46.6 Å². The number of rotatable bonds is 6. The largest absolute Gasteiger partial charge is 0.334 e. The highest BCUT2D eigenvalue weighted by molar-refractivity contribution is 7.12. The molecule has 1 aliphatic rings. The van der Waals surface area contributed by atoms with E-state index in [1.165, 1.54) is 15.3 Å². The van der Waals surface area contributed by atoms with Gasteiger partial charge in [0.2, 0.25) is 0 Å². The number of amides is 1. The van der Waals surface area contributed by atoms with Crippen LogP contribution in [0.3, 0.4) is 0 Å². The summed E-state index contributed by atoms with van der Waals surface area (Å²) in [7, 11) is 0. The number of unbranched alkanes of at least 4 members (excludes halogenated alkanes) is 1. The van der Waals surface area contributed by atoms with Gasteiger partial charge in [0.05, 0.1) is 5.70 Å². The summed E-state index contributed by atoms with van der Waals surface area (Å²) in [6, 6.07) is 2.34. The second-order valence-electron chi connectivity index (χ2n) is 9.39. The van der Waals surface area contributed by atoms with Crippen molar-refractivity contribution in [3.8, 4) is 0 Å². The Bertz CT molecular complexity index is 703. The molecule has 4 nitrogen and oxygen atoms in total. The molecule has 0 saturated carbocycles. The van der Waals surface area contributed by atoms with E-state index in [1.807, 2.05) is 11.3 Å². The first kappa shape index (κ1) is 21.7. The highest BCUT2D eigenvalue weighted by Crippen LogP contribution is 2.39. The Labute approximate surface area is 167 Å². The molecule has 0 aromatic carbocycles. The molecule has 5 heteroatoms. The van der Waals surface area contributed by atoms with Crippen molar-refractivity contribution in [1.29, 1.82) is 0 Å². The molecule has 0 radical (unpaired) electrons. The number of carbonyl (C=O) groups is 2. The van der Waals surface area contributed by atoms with Crippen LogP contribution in [-0.2, 0) is 31.7 Å². The molecule has 0 bridgehead atoms. The maximum absolute atomic E-state index is 12.0. The normalized spacial score (nSPS) is 15.6. The van der Waals surface area contributed by atoms with E-state index in [0.29, 0.717) is 25.0 Å². The molecule has 150 valence electrons. The Morgan fingerprint density at radius 3 is 2.33 bits per heavy atom. The Morgan fingerprint density at radius 1 is 1.15 bits per heavy atom. The second kappa shape index (κ2) is 8.17. The molecule has 0 aliphatic carbocycles. The van der Waals surface area contributed by atoms with Gasteiger partial charge in [0, 0.05) is 22.6 Å². The number of hydrogen-bond donors (Lipinski definition) is 0. The van der Waals surface area contributed by atoms with Crippen LogP contribution in [0.1, 0.15) is 89.0 Å². The monoisotopic (exact) mass is 391 g/mol. The van der Waals surface area contributed by atoms with Gasteiger partial charge in [0.25, 0.3) is 5.91 Å². The fraction of sp³-hybridized carbons (Fsp3) is 0.636. The molecule has 1 aliphatic heterocycles. The van der Waals surface area contributed by atoms with Crippen LogP contribution >= 0.6 is 11.3 Å². The summed E-state index contributed by atoms with van der Waals surface area (Å²) in [5.74, 6) is -0.542. The predicted molar refractivity (Wildman–Crippen MR) is 111 cm³/mol. The number of carbonyl (C=O) groups excluding carboxylic acids is 2. The van der Waals surface area contributed by atoms with Gasteiger partial charge in [-0.05, 0) is 48.1 Å². The number of hydroxylamine groups is 2. The first-order valence-electron chi connectivity index (χ1n) is 9.75. The lowest BCUT2D eigenvalue weighted by molar-refractivity contribution is -0.186. The fourth-order valence-electron chi connectivity index (χ4n) is 3.10. The lowest BCUT2D eigenvalue weighted by atomic mass is 9.88. The molecule has 1 aromatic rings. The minimum absolute atomic E-state index is 0.124. The van der Waals surface area contributed by atoms with Gasteiger partial charge in [0.15, 0.2) is 0 Å². The van der Waals surface area contributed by atoms with Crippen molar-refractivity contribution < 1.29 is 14.4 Å². The average molecular weight is 392 g/mol. The summed E-state index contributed by atoms with van der Waals surface area (Å²) in [6.45, 7) is 17.3. The molecule has 0 unspecified atom stereocenters. The molecule has 2 rings (SSSR count). The zero-order valence-electron chi connectivity index (χ0n) is 17.6. The number of allylic oxidation sites excluding steroid dienone is 1. The summed E-state index contributed by atoms with van der Waals surface area (Å²) in [4.78, 5) is 31.7. The molecule has 1 fully saturated rings. The van der Waals surface area contributed by atoms with Crippen molar-refractivity contribution in [1.82, 2.24) is 5.06 Å². The Hall–Kier alpha value is -1.62. The summed E-state index contributed by atoms with van der Waals surface area (Å²) >= 11 is 1.91. The predicted octanol–water partition coefficient (Wildman–Crippen LogP) is 5.65. The summed E-state index contributed by atoms with van der Waals surface area (Å²) in [5, 5.41) is 1.06. The molecule has 0 spiro atoms. The van der Waals surface area contributed by atoms with Crippen molar-refractivity contribution in [2.24, 2.45) is 0 Å². The molecule has 0 N–H and O–H groups in total. The number of hydrogen-bond acceptors (Lipinski definition) is 4. The van der Waals surface area contributed by atoms with Crippen LogP contribution in [0.2, 0.25) is 0 Å². The third kappa shape index (κ3) is 5.68. The number of nitrogens with zero attached hydrogens (tertiary/aromatic N) is 1. The van der Waals surface area contributed by atoms with Crippen molar-refractivity contribution in [3.05, 3.63) is 33.7 Å². The highest BCUT2D eigenvalue weighted by Gasteiger charge is 2.28. The average Bonchev–Trinajstić information content (AvgIpc) is 3.10. The van der Waals surface area contributed by atoms with Crippen LogP contribution in [0.15, 0.2) is 18.3 Å². The second-order valence-corrected chi connectivity index (χ2v) is 10.4. The van der Waals surface area contributed by atoms with Crippen LogP contribution < -0.4 is 0 Å². The molecule has 27 heavy (non-hydrogen) atoms. The van der Waals surface area contributed by atoms with Gasteiger partial charge in [-0.25, -0.2) is 4.79 Å². The SMILES string of the molecule is C=C1CCC(=O)N1OC(=O)CCCCc1cc(C(C)(C)C)sc1C(C)(C)C. The van der Waals surface area contributed by atoms with E-state index in [9.17, 15) is 9.59 Å². The quantitative estimate of drug-likeness (QED) is 0.589. The maximum Gasteiger partial charge on any atom is 0.333 e. The molecule has 1 aromatic heterocycles. The third-order valence-corrected chi connectivity index (χ3v) is 6.67. The molecule has 1 saturated heterocycles. The Balaban J connectivity index is 1.89. The lowest BCUT2D eigenvalue weighted by Gasteiger charge is -2.19. The van der Waals surface area contributed by atoms with E-state index in [2.05, 4.69) is 54.2 Å². The third-order valence-electron chi connectivity index (χ3n) is 4.64. The Morgan fingerprint density at radius 2 is 1.81 bits per heavy atom. The van der Waals surface area contributed by atoms with E-state index < -0.39 is 0 Å². The first-order chi connectivity index (χ1) is 12.4. The smallest absolute Gasteiger partial charge is 0.333 e. The van der Waals surface area contributed by atoms with Crippen molar-refractivity contribution >= 4 is 23.2 Å². The van der Waals surface area contributed by atoms with Crippen LogP contribution in [0.25, 0.3) is 0 Å². The van der Waals surface area contributed by atoms with E-state index in [-0.39, 0.29) is 22.7 Å². The van der Waals surface area contributed by atoms with Gasteiger partial charge in [-0.1, -0.05) is 48.1 Å². The van der Waals surface area contributed by atoms with E-state index >= 15 is 0 Å². The number of thiophene rings is 1. The van der Waals surface area contributed by atoms with Crippen LogP contribution in [0.5, 0.6) is 0 Å². The van der Waals surface area contributed by atoms with E-state index in [4.69, 9.17) is 4.84 Å². The van der Waals surface area contributed by atoms with Gasteiger partial charge in [-0.2, -0.15) is 0 Å². The van der Waals surface area contributed by atoms with Gasteiger partial charge < -0.3 is 4.84 Å². The molecule has 2 heterocycles. The van der Waals surface area contributed by atoms with Crippen LogP contribution in [0.4, 0.5) is 0 Å². The van der Waals surface area contributed by atoms with Gasteiger partial charge in [-0.15, -0.1) is 16.4 Å². The summed E-state index contributed by atoms with van der Waals surface area (Å²) in [6.07, 6.45) is 3.89. The summed E-state index contributed by atoms with van der Waals surface area (Å²) < 4.78 is 0. The number of aryl methyl sites for hydroxylation is 1. The molecular weight excluding hydrogens is 358 g/mol. The van der Waals surface area contributed by atoms with E-state index in [1.54, 1.807) is 0 Å². The van der Waals surface area contributed by atoms with Crippen LogP contribution in [-0.4, -0.2) is 16.9 Å². The van der Waals surface area contributed by atoms with Crippen molar-refractivity contribution in [2.75, 3.05) is 0 Å². The highest BCUT2D eigenvalue weighted by atomic mass is 32.1. The Kier molecular flexibility index (Phi) is 6.56. The molecular formula is C22H33NO3S. The fourth-order valence-corrected chi connectivity index (χ4v) is 4.42. The van der Waals surface area contributed by atoms with E-state index in [0.717, 1.165) is 24.3 Å².